The number of ether oxygens (including phenoxy) is 2. The number of phenolic OH excluding ortho intramolecular Hbond substituents is 1. The van der Waals surface area contributed by atoms with Crippen LogP contribution in [0.5, 0.6) is 11.5 Å². The second-order valence-corrected chi connectivity index (χ2v) is 3.80. The Kier molecular flexibility index (Phi) is 5.17. The van der Waals surface area contributed by atoms with Crippen molar-refractivity contribution in [3.63, 3.8) is 0 Å². The first-order chi connectivity index (χ1) is 9.01. The van der Waals surface area contributed by atoms with Crippen molar-refractivity contribution in [1.29, 1.82) is 0 Å². The first-order valence-electron chi connectivity index (χ1n) is 5.84. The van der Waals surface area contributed by atoms with Crippen molar-refractivity contribution in [2.24, 2.45) is 0 Å². The van der Waals surface area contributed by atoms with Gasteiger partial charge in [0.2, 0.25) is 0 Å². The Morgan fingerprint density at radius 3 is 2.68 bits per heavy atom. The minimum Gasteiger partial charge on any atom is -0.504 e. The summed E-state index contributed by atoms with van der Waals surface area (Å²) in [4.78, 5) is 23.3. The molecule has 0 aliphatic carbocycles. The Labute approximate surface area is 111 Å². The van der Waals surface area contributed by atoms with Gasteiger partial charge in [0.05, 0.1) is 19.3 Å². The quantitative estimate of drug-likeness (QED) is 0.780. The van der Waals surface area contributed by atoms with Crippen LogP contribution in [0.25, 0.3) is 0 Å². The number of hydrogen-bond donors (Lipinski definition) is 2. The van der Waals surface area contributed by atoms with Gasteiger partial charge in [-0.2, -0.15) is 0 Å². The lowest BCUT2D eigenvalue weighted by Gasteiger charge is -2.14. The van der Waals surface area contributed by atoms with E-state index in [0.29, 0.717) is 0 Å². The Morgan fingerprint density at radius 1 is 1.42 bits per heavy atom. The third-order valence-electron chi connectivity index (χ3n) is 2.45. The Hall–Kier alpha value is -2.24. The van der Waals surface area contributed by atoms with E-state index in [1.54, 1.807) is 13.0 Å². The van der Waals surface area contributed by atoms with Gasteiger partial charge in [0, 0.05) is 0 Å². The standard InChI is InChI=1S/C13H17NO5/c1-4-19-13(17)8(2)14-12(16)9-6-5-7-10(18-3)11(9)15/h5-8,15H,4H2,1-3H3,(H,14,16). The van der Waals surface area contributed by atoms with Crippen LogP contribution in [0.1, 0.15) is 24.2 Å². The van der Waals surface area contributed by atoms with Crippen LogP contribution in [-0.2, 0) is 9.53 Å². The second-order valence-electron chi connectivity index (χ2n) is 3.80. The third-order valence-corrected chi connectivity index (χ3v) is 2.45. The highest BCUT2D eigenvalue weighted by atomic mass is 16.5. The number of carbonyl (C=O) groups is 2. The van der Waals surface area contributed by atoms with E-state index in [0.717, 1.165) is 0 Å². The van der Waals surface area contributed by atoms with Crippen molar-refractivity contribution < 1.29 is 24.2 Å². The van der Waals surface area contributed by atoms with Crippen molar-refractivity contribution in [3.05, 3.63) is 23.8 Å². The molecular formula is C13H17NO5. The third kappa shape index (κ3) is 3.61. The molecule has 1 atom stereocenters. The molecule has 19 heavy (non-hydrogen) atoms. The predicted molar refractivity (Wildman–Crippen MR) is 68.2 cm³/mol. The van der Waals surface area contributed by atoms with Gasteiger partial charge in [-0.05, 0) is 26.0 Å². The zero-order chi connectivity index (χ0) is 14.4. The molecule has 0 spiro atoms. The van der Waals surface area contributed by atoms with Crippen LogP contribution < -0.4 is 10.1 Å². The number of nitrogens with one attached hydrogen (secondary N) is 1. The number of esters is 1. The number of hydrogen-bond acceptors (Lipinski definition) is 5. The summed E-state index contributed by atoms with van der Waals surface area (Å²) in [5.41, 5.74) is 0.0375. The number of carbonyl (C=O) groups excluding carboxylic acids is 2. The highest BCUT2D eigenvalue weighted by molar-refractivity contribution is 5.99. The molecule has 0 bridgehead atoms. The average Bonchev–Trinajstić information content (AvgIpc) is 2.39. The molecule has 0 aliphatic heterocycles. The highest BCUT2D eigenvalue weighted by Crippen LogP contribution is 2.29. The molecular weight excluding hydrogens is 250 g/mol. The van der Waals surface area contributed by atoms with Gasteiger partial charge >= 0.3 is 5.97 Å². The average molecular weight is 267 g/mol. The van der Waals surface area contributed by atoms with Gasteiger partial charge < -0.3 is 19.9 Å². The van der Waals surface area contributed by atoms with Gasteiger partial charge in [0.1, 0.15) is 6.04 Å². The molecule has 104 valence electrons. The molecule has 0 aromatic heterocycles. The summed E-state index contributed by atoms with van der Waals surface area (Å²) in [7, 11) is 1.39. The molecule has 6 heteroatoms. The van der Waals surface area contributed by atoms with Crippen LogP contribution >= 0.6 is 0 Å². The predicted octanol–water partition coefficient (Wildman–Crippen LogP) is 1.08. The molecule has 0 aliphatic rings. The minimum atomic E-state index is -0.793. The van der Waals surface area contributed by atoms with E-state index >= 15 is 0 Å². The molecule has 1 unspecified atom stereocenters. The molecule has 0 saturated heterocycles. The lowest BCUT2D eigenvalue weighted by atomic mass is 10.1. The summed E-state index contributed by atoms with van der Waals surface area (Å²) in [6, 6.07) is 3.74. The van der Waals surface area contributed by atoms with Crippen molar-refractivity contribution in [3.8, 4) is 11.5 Å². The molecule has 2 N–H and O–H groups in total. The Morgan fingerprint density at radius 2 is 2.11 bits per heavy atom. The first-order valence-corrected chi connectivity index (χ1v) is 5.84. The van der Waals surface area contributed by atoms with Crippen LogP contribution in [0.2, 0.25) is 0 Å². The Balaban J connectivity index is 2.81. The van der Waals surface area contributed by atoms with Crippen molar-refractivity contribution in [2.75, 3.05) is 13.7 Å². The maximum atomic E-state index is 11.9. The van der Waals surface area contributed by atoms with Crippen LogP contribution in [0.15, 0.2) is 18.2 Å². The normalized spacial score (nSPS) is 11.5. The summed E-state index contributed by atoms with van der Waals surface area (Å²) >= 11 is 0. The number of amides is 1. The van der Waals surface area contributed by atoms with E-state index in [1.807, 2.05) is 0 Å². The van der Waals surface area contributed by atoms with E-state index in [9.17, 15) is 14.7 Å². The number of aromatic hydroxyl groups is 1. The molecule has 0 heterocycles. The summed E-state index contributed by atoms with van der Waals surface area (Å²) in [6.07, 6.45) is 0. The molecule has 0 fully saturated rings. The first kappa shape index (κ1) is 14.8. The SMILES string of the molecule is CCOC(=O)C(C)NC(=O)c1cccc(OC)c1O. The van der Waals surface area contributed by atoms with E-state index in [1.165, 1.54) is 26.2 Å². The van der Waals surface area contributed by atoms with E-state index in [4.69, 9.17) is 9.47 Å². The molecule has 1 aromatic carbocycles. The van der Waals surface area contributed by atoms with Gasteiger partial charge in [0.25, 0.3) is 5.91 Å². The topological polar surface area (TPSA) is 84.9 Å². The fraction of sp³-hybridized carbons (Fsp3) is 0.385. The fourth-order valence-electron chi connectivity index (χ4n) is 1.47. The molecule has 1 rings (SSSR count). The number of methoxy groups -OCH3 is 1. The molecule has 1 amide bonds. The molecule has 1 aromatic rings. The lowest BCUT2D eigenvalue weighted by Crippen LogP contribution is -2.39. The van der Waals surface area contributed by atoms with Crippen molar-refractivity contribution in [1.82, 2.24) is 5.32 Å². The number of benzene rings is 1. The zero-order valence-electron chi connectivity index (χ0n) is 11.1. The van der Waals surface area contributed by atoms with Gasteiger partial charge in [-0.25, -0.2) is 4.79 Å². The Bertz CT molecular complexity index is 472. The molecule has 0 radical (unpaired) electrons. The maximum Gasteiger partial charge on any atom is 0.328 e. The smallest absolute Gasteiger partial charge is 0.328 e. The van der Waals surface area contributed by atoms with Crippen LogP contribution in [0.3, 0.4) is 0 Å². The van der Waals surface area contributed by atoms with Crippen LogP contribution in [0.4, 0.5) is 0 Å². The number of rotatable bonds is 5. The van der Waals surface area contributed by atoms with Crippen molar-refractivity contribution in [2.45, 2.75) is 19.9 Å². The number of para-hydroxylation sites is 1. The molecule has 0 saturated carbocycles. The minimum absolute atomic E-state index is 0.0375. The van der Waals surface area contributed by atoms with Gasteiger partial charge in [0.15, 0.2) is 11.5 Å². The van der Waals surface area contributed by atoms with Crippen LogP contribution in [0, 0.1) is 0 Å². The van der Waals surface area contributed by atoms with E-state index in [2.05, 4.69) is 5.32 Å². The highest BCUT2D eigenvalue weighted by Gasteiger charge is 2.20. The van der Waals surface area contributed by atoms with Gasteiger partial charge in [-0.15, -0.1) is 0 Å². The number of phenols is 1. The van der Waals surface area contributed by atoms with Crippen molar-refractivity contribution >= 4 is 11.9 Å². The molecule has 6 nitrogen and oxygen atoms in total. The second kappa shape index (κ2) is 6.63. The monoisotopic (exact) mass is 267 g/mol. The summed E-state index contributed by atoms with van der Waals surface area (Å²) < 4.78 is 9.68. The fourth-order valence-corrected chi connectivity index (χ4v) is 1.47. The van der Waals surface area contributed by atoms with Gasteiger partial charge in [-0.3, -0.25) is 4.79 Å². The van der Waals surface area contributed by atoms with Gasteiger partial charge in [-0.1, -0.05) is 6.07 Å². The van der Waals surface area contributed by atoms with Crippen LogP contribution in [-0.4, -0.2) is 36.7 Å². The summed E-state index contributed by atoms with van der Waals surface area (Å²) in [6.45, 7) is 3.43. The summed E-state index contributed by atoms with van der Waals surface area (Å²) in [5.74, 6) is -1.18. The summed E-state index contributed by atoms with van der Waals surface area (Å²) in [5, 5.41) is 12.3. The maximum absolute atomic E-state index is 11.9. The lowest BCUT2D eigenvalue weighted by molar-refractivity contribution is -0.144. The largest absolute Gasteiger partial charge is 0.504 e. The zero-order valence-corrected chi connectivity index (χ0v) is 11.1. The van der Waals surface area contributed by atoms with E-state index in [-0.39, 0.29) is 23.7 Å². The van der Waals surface area contributed by atoms with E-state index < -0.39 is 17.9 Å².